The lowest BCUT2D eigenvalue weighted by Crippen LogP contribution is -2.52. The average Bonchev–Trinajstić information content (AvgIpc) is 3.15. The summed E-state index contributed by atoms with van der Waals surface area (Å²) in [5.41, 5.74) is 4.03. The third kappa shape index (κ3) is 3.76. The number of para-hydroxylation sites is 1. The zero-order valence-electron chi connectivity index (χ0n) is 18.2. The molecular weight excluding hydrogens is 390 g/mol. The van der Waals surface area contributed by atoms with Crippen molar-refractivity contribution >= 4 is 17.5 Å². The maximum absolute atomic E-state index is 12.0. The lowest BCUT2D eigenvalue weighted by Gasteiger charge is -2.45. The minimum absolute atomic E-state index is 0.161. The van der Waals surface area contributed by atoms with Gasteiger partial charge in [-0.15, -0.1) is 0 Å². The SMILES string of the molecule is CCOC(=O)N1CCC(N2CCC3(CC2)CN(c2cncnc2)c2ccccc23)CC1. The Morgan fingerprint density at radius 1 is 1.10 bits per heavy atom. The van der Waals surface area contributed by atoms with Gasteiger partial charge in [-0.1, -0.05) is 18.2 Å². The second-order valence-electron chi connectivity index (χ2n) is 8.93. The van der Waals surface area contributed by atoms with Crippen molar-refractivity contribution in [3.05, 3.63) is 48.5 Å². The molecule has 1 aromatic carbocycles. The number of hydrogen-bond donors (Lipinski definition) is 0. The molecule has 31 heavy (non-hydrogen) atoms. The molecule has 0 saturated carbocycles. The van der Waals surface area contributed by atoms with Crippen molar-refractivity contribution in [2.45, 2.75) is 44.1 Å². The molecule has 2 aromatic rings. The highest BCUT2D eigenvalue weighted by atomic mass is 16.6. The first kappa shape index (κ1) is 20.2. The van der Waals surface area contributed by atoms with Crippen molar-refractivity contribution in [1.82, 2.24) is 19.8 Å². The molecule has 0 bridgehead atoms. The summed E-state index contributed by atoms with van der Waals surface area (Å²) in [5, 5.41) is 0. The lowest BCUT2D eigenvalue weighted by molar-refractivity contribution is 0.0581. The molecule has 3 aliphatic rings. The number of hydrogen-bond acceptors (Lipinski definition) is 6. The molecule has 1 spiro atoms. The van der Waals surface area contributed by atoms with E-state index in [1.807, 2.05) is 24.2 Å². The van der Waals surface area contributed by atoms with Crippen molar-refractivity contribution in [2.75, 3.05) is 44.2 Å². The van der Waals surface area contributed by atoms with E-state index in [2.05, 4.69) is 44.0 Å². The molecule has 3 aliphatic heterocycles. The normalized spacial score (nSPS) is 21.3. The van der Waals surface area contributed by atoms with Crippen LogP contribution in [0.3, 0.4) is 0 Å². The summed E-state index contributed by atoms with van der Waals surface area (Å²) in [4.78, 5) is 27.4. The molecule has 2 fully saturated rings. The van der Waals surface area contributed by atoms with E-state index in [1.165, 1.54) is 11.3 Å². The van der Waals surface area contributed by atoms with Gasteiger partial charge in [0.05, 0.1) is 24.7 Å². The summed E-state index contributed by atoms with van der Waals surface area (Å²) in [7, 11) is 0. The van der Waals surface area contributed by atoms with Crippen molar-refractivity contribution < 1.29 is 9.53 Å². The molecule has 0 N–H and O–H groups in total. The van der Waals surface area contributed by atoms with Crippen LogP contribution in [-0.2, 0) is 10.2 Å². The zero-order valence-corrected chi connectivity index (χ0v) is 18.2. The minimum Gasteiger partial charge on any atom is -0.450 e. The number of anilines is 2. The van der Waals surface area contributed by atoms with Crippen molar-refractivity contribution in [1.29, 1.82) is 0 Å². The largest absolute Gasteiger partial charge is 0.450 e. The molecule has 0 aliphatic carbocycles. The fraction of sp³-hybridized carbons (Fsp3) is 0.542. The number of aromatic nitrogens is 2. The van der Waals surface area contributed by atoms with Gasteiger partial charge in [0.25, 0.3) is 0 Å². The van der Waals surface area contributed by atoms with Crippen LogP contribution in [0.1, 0.15) is 38.2 Å². The number of fused-ring (bicyclic) bond motifs is 2. The number of nitrogens with zero attached hydrogens (tertiary/aromatic N) is 5. The fourth-order valence-electron chi connectivity index (χ4n) is 5.66. The summed E-state index contributed by atoms with van der Waals surface area (Å²) in [6.07, 6.45) is 9.65. The second-order valence-corrected chi connectivity index (χ2v) is 8.93. The average molecular weight is 422 g/mol. The predicted molar refractivity (Wildman–Crippen MR) is 120 cm³/mol. The monoisotopic (exact) mass is 421 g/mol. The Kier molecular flexibility index (Phi) is 5.52. The number of benzene rings is 1. The van der Waals surface area contributed by atoms with Crippen molar-refractivity contribution in [3.8, 4) is 0 Å². The van der Waals surface area contributed by atoms with Crippen LogP contribution < -0.4 is 4.90 Å². The van der Waals surface area contributed by atoms with Gasteiger partial charge >= 0.3 is 6.09 Å². The summed E-state index contributed by atoms with van der Waals surface area (Å²) >= 11 is 0. The van der Waals surface area contributed by atoms with Crippen LogP contribution in [0.4, 0.5) is 16.2 Å². The predicted octanol–water partition coefficient (Wildman–Crippen LogP) is 3.58. The van der Waals surface area contributed by atoms with E-state index in [1.54, 1.807) is 6.33 Å². The summed E-state index contributed by atoms with van der Waals surface area (Å²) in [5.74, 6) is 0. The first-order valence-electron chi connectivity index (χ1n) is 11.5. The van der Waals surface area contributed by atoms with Crippen molar-refractivity contribution in [3.63, 3.8) is 0 Å². The van der Waals surface area contributed by atoms with Gasteiger partial charge in [0, 0.05) is 36.8 Å². The highest BCUT2D eigenvalue weighted by molar-refractivity contribution is 5.72. The molecule has 164 valence electrons. The molecular formula is C24H31N5O2. The lowest BCUT2D eigenvalue weighted by atomic mass is 9.74. The van der Waals surface area contributed by atoms with Gasteiger partial charge in [-0.2, -0.15) is 0 Å². The number of piperidine rings is 2. The maximum Gasteiger partial charge on any atom is 0.409 e. The number of carbonyl (C=O) groups excluding carboxylic acids is 1. The number of rotatable bonds is 3. The smallest absolute Gasteiger partial charge is 0.409 e. The van der Waals surface area contributed by atoms with E-state index in [4.69, 9.17) is 4.74 Å². The van der Waals surface area contributed by atoms with Gasteiger partial charge in [-0.3, -0.25) is 0 Å². The van der Waals surface area contributed by atoms with Crippen LogP contribution in [0.15, 0.2) is 43.0 Å². The Hall–Kier alpha value is -2.67. The van der Waals surface area contributed by atoms with Crippen LogP contribution in [0.25, 0.3) is 0 Å². The first-order chi connectivity index (χ1) is 15.2. The zero-order chi connectivity index (χ0) is 21.3. The van der Waals surface area contributed by atoms with Crippen LogP contribution in [-0.4, -0.2) is 71.2 Å². The number of carbonyl (C=O) groups is 1. The topological polar surface area (TPSA) is 61.8 Å². The standard InChI is InChI=1S/C24H31N5O2/c1-2-31-23(30)28-11-7-19(8-12-28)27-13-9-24(10-14-27)17-29(20-15-25-18-26-16-20)22-6-4-3-5-21(22)24/h3-6,15-16,18-19H,2,7-14,17H2,1H3. The second kappa shape index (κ2) is 8.46. The molecule has 1 aromatic heterocycles. The van der Waals surface area contributed by atoms with E-state index in [0.29, 0.717) is 12.6 Å². The third-order valence-electron chi connectivity index (χ3n) is 7.35. The Bertz CT molecular complexity index is 905. The molecule has 5 rings (SSSR count). The van der Waals surface area contributed by atoms with Gasteiger partial charge in [-0.05, 0) is 57.3 Å². The van der Waals surface area contributed by atoms with Gasteiger partial charge in [0.15, 0.2) is 0 Å². The molecule has 0 unspecified atom stereocenters. The summed E-state index contributed by atoms with van der Waals surface area (Å²) in [6, 6.07) is 9.41. The molecule has 7 heteroatoms. The molecule has 7 nitrogen and oxygen atoms in total. The van der Waals surface area contributed by atoms with Gasteiger partial charge in [-0.25, -0.2) is 14.8 Å². The first-order valence-corrected chi connectivity index (χ1v) is 11.5. The van der Waals surface area contributed by atoms with E-state index < -0.39 is 0 Å². The molecule has 4 heterocycles. The number of amides is 1. The van der Waals surface area contributed by atoms with Crippen LogP contribution in [0.5, 0.6) is 0 Å². The molecule has 2 saturated heterocycles. The molecule has 0 atom stereocenters. The van der Waals surface area contributed by atoms with E-state index in [0.717, 1.165) is 64.1 Å². The minimum atomic E-state index is -0.161. The quantitative estimate of drug-likeness (QED) is 0.755. The van der Waals surface area contributed by atoms with E-state index in [9.17, 15) is 4.79 Å². The molecule has 0 radical (unpaired) electrons. The highest BCUT2D eigenvalue weighted by Gasteiger charge is 2.46. The summed E-state index contributed by atoms with van der Waals surface area (Å²) in [6.45, 7) is 7.12. The fourth-order valence-corrected chi connectivity index (χ4v) is 5.66. The van der Waals surface area contributed by atoms with Crippen LogP contribution in [0, 0.1) is 0 Å². The van der Waals surface area contributed by atoms with Crippen LogP contribution in [0.2, 0.25) is 0 Å². The van der Waals surface area contributed by atoms with E-state index in [-0.39, 0.29) is 11.5 Å². The van der Waals surface area contributed by atoms with E-state index >= 15 is 0 Å². The van der Waals surface area contributed by atoms with Gasteiger partial charge in [0.1, 0.15) is 6.33 Å². The highest BCUT2D eigenvalue weighted by Crippen LogP contribution is 2.49. The third-order valence-corrected chi connectivity index (χ3v) is 7.35. The Morgan fingerprint density at radius 2 is 1.81 bits per heavy atom. The Morgan fingerprint density at radius 3 is 2.52 bits per heavy atom. The number of likely N-dealkylation sites (tertiary alicyclic amines) is 2. The number of ether oxygens (including phenoxy) is 1. The molecule has 1 amide bonds. The summed E-state index contributed by atoms with van der Waals surface area (Å²) < 4.78 is 5.17. The van der Waals surface area contributed by atoms with Gasteiger partial charge < -0.3 is 19.4 Å². The van der Waals surface area contributed by atoms with Crippen LogP contribution >= 0.6 is 0 Å². The Labute approximate surface area is 184 Å². The van der Waals surface area contributed by atoms with Gasteiger partial charge in [0.2, 0.25) is 0 Å². The van der Waals surface area contributed by atoms with Crippen molar-refractivity contribution in [2.24, 2.45) is 0 Å². The maximum atomic E-state index is 12.0. The Balaban J connectivity index is 1.26.